The van der Waals surface area contributed by atoms with Gasteiger partial charge >= 0.3 is 0 Å². The van der Waals surface area contributed by atoms with Gasteiger partial charge < -0.3 is 9.32 Å². The van der Waals surface area contributed by atoms with Crippen LogP contribution < -0.4 is 4.90 Å². The van der Waals surface area contributed by atoms with Crippen LogP contribution in [0.25, 0.3) is 76.2 Å². The van der Waals surface area contributed by atoms with E-state index in [1.54, 1.807) is 0 Å². The standard InChI is InChI=1S/C46H29NO/c1-2-11-32-28-34(25-20-30(32)10-1)47(35-26-27-41-39-14-4-3-12-37(39)38-13-5-6-15-40(38)44(41)29-35)33-23-21-31(22-24-33)36-17-9-18-43-42-16-7-8-19-45(42)48-46(36)43/h1-29H. The third kappa shape index (κ3) is 4.13. The molecule has 0 amide bonds. The molecule has 0 aliphatic rings. The van der Waals surface area contributed by atoms with Crippen LogP contribution in [0.2, 0.25) is 0 Å². The van der Waals surface area contributed by atoms with Crippen LogP contribution in [0.3, 0.4) is 0 Å². The fourth-order valence-corrected chi connectivity index (χ4v) is 7.56. The Balaban J connectivity index is 1.17. The van der Waals surface area contributed by atoms with E-state index in [-0.39, 0.29) is 0 Å². The van der Waals surface area contributed by atoms with Crippen LogP contribution in [0, 0.1) is 0 Å². The Morgan fingerprint density at radius 2 is 0.875 bits per heavy atom. The highest BCUT2D eigenvalue weighted by molar-refractivity contribution is 6.25. The molecule has 0 aliphatic heterocycles. The molecule has 0 unspecified atom stereocenters. The summed E-state index contributed by atoms with van der Waals surface area (Å²) in [6.07, 6.45) is 0. The molecule has 10 rings (SSSR count). The first-order valence-corrected chi connectivity index (χ1v) is 16.4. The Hall–Kier alpha value is -6.38. The fraction of sp³-hybridized carbons (Fsp3) is 0. The molecule has 9 aromatic carbocycles. The molecular formula is C46H29NO. The van der Waals surface area contributed by atoms with Crippen LogP contribution >= 0.6 is 0 Å². The number of para-hydroxylation sites is 2. The van der Waals surface area contributed by atoms with E-state index >= 15 is 0 Å². The lowest BCUT2D eigenvalue weighted by Crippen LogP contribution is -2.10. The van der Waals surface area contributed by atoms with E-state index in [0.717, 1.165) is 50.1 Å². The minimum Gasteiger partial charge on any atom is -0.455 e. The molecular weight excluding hydrogens is 583 g/mol. The van der Waals surface area contributed by atoms with Gasteiger partial charge in [-0.2, -0.15) is 0 Å². The topological polar surface area (TPSA) is 16.4 Å². The van der Waals surface area contributed by atoms with Crippen molar-refractivity contribution in [3.8, 4) is 11.1 Å². The molecule has 0 N–H and O–H groups in total. The monoisotopic (exact) mass is 611 g/mol. The zero-order chi connectivity index (χ0) is 31.6. The van der Waals surface area contributed by atoms with Crippen molar-refractivity contribution in [1.29, 1.82) is 0 Å². The molecule has 0 radical (unpaired) electrons. The van der Waals surface area contributed by atoms with Crippen LogP contribution in [-0.2, 0) is 0 Å². The molecule has 2 heteroatoms. The van der Waals surface area contributed by atoms with E-state index < -0.39 is 0 Å². The molecule has 224 valence electrons. The third-order valence-corrected chi connectivity index (χ3v) is 9.82. The maximum atomic E-state index is 6.39. The second kappa shape index (κ2) is 10.6. The molecule has 0 aliphatic carbocycles. The summed E-state index contributed by atoms with van der Waals surface area (Å²) in [7, 11) is 0. The van der Waals surface area contributed by atoms with Gasteiger partial charge in [-0.25, -0.2) is 0 Å². The normalized spacial score (nSPS) is 11.8. The van der Waals surface area contributed by atoms with Gasteiger partial charge in [-0.05, 0) is 91.1 Å². The van der Waals surface area contributed by atoms with Crippen LogP contribution in [0.5, 0.6) is 0 Å². The lowest BCUT2D eigenvalue weighted by Gasteiger charge is -2.27. The zero-order valence-corrected chi connectivity index (χ0v) is 26.1. The average Bonchev–Trinajstić information content (AvgIpc) is 3.54. The van der Waals surface area contributed by atoms with E-state index in [2.05, 4.69) is 169 Å². The fourth-order valence-electron chi connectivity index (χ4n) is 7.56. The Labute approximate surface area is 277 Å². The third-order valence-electron chi connectivity index (χ3n) is 9.82. The minimum absolute atomic E-state index is 0.913. The summed E-state index contributed by atoms with van der Waals surface area (Å²) in [5, 5.41) is 12.3. The van der Waals surface area contributed by atoms with Crippen molar-refractivity contribution in [2.75, 3.05) is 4.90 Å². The Bertz CT molecular complexity index is 2810. The number of fused-ring (bicyclic) bond motifs is 10. The summed E-state index contributed by atoms with van der Waals surface area (Å²) in [4.78, 5) is 2.38. The zero-order valence-electron chi connectivity index (χ0n) is 26.1. The molecule has 2 nitrogen and oxygen atoms in total. The van der Waals surface area contributed by atoms with Crippen molar-refractivity contribution >= 4 is 82.1 Å². The molecule has 1 heterocycles. The highest BCUT2D eigenvalue weighted by Gasteiger charge is 2.17. The summed E-state index contributed by atoms with van der Waals surface area (Å²) >= 11 is 0. The smallest absolute Gasteiger partial charge is 0.143 e. The van der Waals surface area contributed by atoms with Crippen molar-refractivity contribution in [2.24, 2.45) is 0 Å². The predicted molar refractivity (Wildman–Crippen MR) is 204 cm³/mol. The van der Waals surface area contributed by atoms with Crippen molar-refractivity contribution in [3.63, 3.8) is 0 Å². The maximum absolute atomic E-state index is 6.39. The Morgan fingerprint density at radius 1 is 0.333 bits per heavy atom. The van der Waals surface area contributed by atoms with Crippen molar-refractivity contribution in [3.05, 3.63) is 176 Å². The second-order valence-corrected chi connectivity index (χ2v) is 12.5. The number of hydrogen-bond donors (Lipinski definition) is 0. The van der Waals surface area contributed by atoms with Gasteiger partial charge in [0.05, 0.1) is 0 Å². The Kier molecular flexibility index (Phi) is 5.91. The Morgan fingerprint density at radius 3 is 1.62 bits per heavy atom. The number of furan rings is 1. The van der Waals surface area contributed by atoms with Crippen molar-refractivity contribution in [1.82, 2.24) is 0 Å². The van der Waals surface area contributed by atoms with Crippen LogP contribution in [0.4, 0.5) is 17.1 Å². The quantitative estimate of drug-likeness (QED) is 0.184. The summed E-state index contributed by atoms with van der Waals surface area (Å²) in [6, 6.07) is 63.3. The summed E-state index contributed by atoms with van der Waals surface area (Å²) in [5.74, 6) is 0. The molecule has 0 fully saturated rings. The summed E-state index contributed by atoms with van der Waals surface area (Å²) in [5.41, 5.74) is 7.38. The van der Waals surface area contributed by atoms with E-state index in [1.165, 1.54) is 43.1 Å². The minimum atomic E-state index is 0.913. The van der Waals surface area contributed by atoms with Gasteiger partial charge in [-0.1, -0.05) is 133 Å². The van der Waals surface area contributed by atoms with E-state index in [4.69, 9.17) is 4.42 Å². The highest BCUT2D eigenvalue weighted by Crippen LogP contribution is 2.42. The van der Waals surface area contributed by atoms with Gasteiger partial charge in [0.1, 0.15) is 11.2 Å². The SMILES string of the molecule is c1ccc2cc(N(c3ccc(-c4cccc5c4oc4ccccc45)cc3)c3ccc4c5ccccc5c5ccccc5c4c3)ccc2c1. The van der Waals surface area contributed by atoms with E-state index in [9.17, 15) is 0 Å². The van der Waals surface area contributed by atoms with Gasteiger partial charge in [0.25, 0.3) is 0 Å². The van der Waals surface area contributed by atoms with Crippen LogP contribution in [-0.4, -0.2) is 0 Å². The molecule has 0 bridgehead atoms. The van der Waals surface area contributed by atoms with Crippen LogP contribution in [0.1, 0.15) is 0 Å². The number of anilines is 3. The predicted octanol–water partition coefficient (Wildman–Crippen LogP) is 13.3. The first-order chi connectivity index (χ1) is 23.8. The largest absolute Gasteiger partial charge is 0.455 e. The number of hydrogen-bond acceptors (Lipinski definition) is 2. The first kappa shape index (κ1) is 26.8. The lowest BCUT2D eigenvalue weighted by atomic mass is 9.94. The lowest BCUT2D eigenvalue weighted by molar-refractivity contribution is 0.670. The van der Waals surface area contributed by atoms with Crippen molar-refractivity contribution < 1.29 is 4.42 Å². The van der Waals surface area contributed by atoms with Gasteiger partial charge in [0, 0.05) is 33.4 Å². The van der Waals surface area contributed by atoms with Crippen LogP contribution in [0.15, 0.2) is 180 Å². The van der Waals surface area contributed by atoms with Gasteiger partial charge in [0.15, 0.2) is 0 Å². The van der Waals surface area contributed by atoms with Gasteiger partial charge in [-0.15, -0.1) is 0 Å². The summed E-state index contributed by atoms with van der Waals surface area (Å²) in [6.45, 7) is 0. The van der Waals surface area contributed by atoms with E-state index in [0.29, 0.717) is 0 Å². The molecule has 0 spiro atoms. The molecule has 0 saturated carbocycles. The van der Waals surface area contributed by atoms with Gasteiger partial charge in [-0.3, -0.25) is 0 Å². The maximum Gasteiger partial charge on any atom is 0.143 e. The number of nitrogens with zero attached hydrogens (tertiary/aromatic N) is 1. The van der Waals surface area contributed by atoms with E-state index in [1.807, 2.05) is 12.1 Å². The highest BCUT2D eigenvalue weighted by atomic mass is 16.3. The second-order valence-electron chi connectivity index (χ2n) is 12.5. The number of benzene rings is 9. The molecule has 0 saturated heterocycles. The molecule has 1 aromatic heterocycles. The molecule has 48 heavy (non-hydrogen) atoms. The summed E-state index contributed by atoms with van der Waals surface area (Å²) < 4.78 is 6.39. The van der Waals surface area contributed by atoms with Crippen molar-refractivity contribution in [2.45, 2.75) is 0 Å². The molecule has 0 atom stereocenters. The van der Waals surface area contributed by atoms with Gasteiger partial charge in [0.2, 0.25) is 0 Å². The average molecular weight is 612 g/mol. The molecule has 10 aromatic rings. The first-order valence-electron chi connectivity index (χ1n) is 16.4. The number of rotatable bonds is 4.